The summed E-state index contributed by atoms with van der Waals surface area (Å²) < 4.78 is 0. The number of aliphatic hydroxyl groups is 2. The monoisotopic (exact) mass is 150 g/mol. The normalized spacial score (nSPS) is 15.0. The van der Waals surface area contributed by atoms with Crippen molar-refractivity contribution in [2.75, 3.05) is 13.2 Å². The molecule has 10 heavy (non-hydrogen) atoms. The molecule has 0 aromatic rings. The van der Waals surface area contributed by atoms with E-state index in [-0.39, 0.29) is 25.3 Å². The Bertz CT molecular complexity index is 49.7. The maximum absolute atomic E-state index is 8.02. The first kappa shape index (κ1) is 12.5. The highest BCUT2D eigenvalue weighted by Gasteiger charge is 1.81. The fraction of sp³-hybridized carbons (Fsp3) is 1.00. The Morgan fingerprint density at radius 2 is 1.10 bits per heavy atom. The largest absolute Gasteiger partial charge is 0.395 e. The SMILES string of the molecule is C[C@@H](N)CO.C[C@@H](N)CO. The predicted octanol–water partition coefficient (Wildman–Crippen LogP) is -1.35. The van der Waals surface area contributed by atoms with Gasteiger partial charge in [-0.15, -0.1) is 0 Å². The fourth-order valence-corrected chi connectivity index (χ4v) is 0. The summed E-state index contributed by atoms with van der Waals surface area (Å²) in [7, 11) is 0. The van der Waals surface area contributed by atoms with Gasteiger partial charge in [-0.2, -0.15) is 0 Å². The summed E-state index contributed by atoms with van der Waals surface area (Å²) in [5.41, 5.74) is 10.1. The van der Waals surface area contributed by atoms with Gasteiger partial charge >= 0.3 is 0 Å². The molecule has 2 atom stereocenters. The summed E-state index contributed by atoms with van der Waals surface area (Å²) in [6.07, 6.45) is 0. The maximum Gasteiger partial charge on any atom is 0.0579 e. The van der Waals surface area contributed by atoms with Crippen LogP contribution in [0, 0.1) is 0 Å². The van der Waals surface area contributed by atoms with Crippen molar-refractivity contribution >= 4 is 0 Å². The molecule has 0 rings (SSSR count). The molecular weight excluding hydrogens is 132 g/mol. The zero-order chi connectivity index (χ0) is 8.57. The van der Waals surface area contributed by atoms with Gasteiger partial charge in [-0.1, -0.05) is 0 Å². The van der Waals surface area contributed by atoms with E-state index in [0.717, 1.165) is 0 Å². The van der Waals surface area contributed by atoms with Crippen molar-refractivity contribution in [1.82, 2.24) is 0 Å². The van der Waals surface area contributed by atoms with Crippen LogP contribution in [0.5, 0.6) is 0 Å². The van der Waals surface area contributed by atoms with Gasteiger partial charge in [0.1, 0.15) is 0 Å². The summed E-state index contributed by atoms with van der Waals surface area (Å²) in [5.74, 6) is 0. The molecule has 0 aliphatic carbocycles. The molecule has 4 heteroatoms. The third-order valence-electron chi connectivity index (χ3n) is 0.576. The van der Waals surface area contributed by atoms with E-state index in [0.29, 0.717) is 0 Å². The molecule has 0 saturated heterocycles. The van der Waals surface area contributed by atoms with Crippen LogP contribution in [0.1, 0.15) is 13.8 Å². The summed E-state index contributed by atoms with van der Waals surface area (Å²) in [5, 5.41) is 16.0. The Balaban J connectivity index is 0. The molecule has 0 aromatic carbocycles. The minimum atomic E-state index is -0.0602. The fourth-order valence-electron chi connectivity index (χ4n) is 0. The van der Waals surface area contributed by atoms with Gasteiger partial charge in [0.15, 0.2) is 0 Å². The standard InChI is InChI=1S/2C3H9NO/c2*1-3(4)2-5/h2*3,5H,2,4H2,1H3/t2*3-/m11/s1. The third kappa shape index (κ3) is 24.9. The van der Waals surface area contributed by atoms with E-state index in [4.69, 9.17) is 21.7 Å². The first-order chi connectivity index (χ1) is 4.54. The topological polar surface area (TPSA) is 92.5 Å². The second-order valence-electron chi connectivity index (χ2n) is 2.32. The van der Waals surface area contributed by atoms with E-state index in [1.165, 1.54) is 0 Å². The lowest BCUT2D eigenvalue weighted by Gasteiger charge is -1.91. The van der Waals surface area contributed by atoms with Crippen molar-refractivity contribution in [3.8, 4) is 0 Å². The minimum absolute atomic E-state index is 0.0602. The van der Waals surface area contributed by atoms with Gasteiger partial charge in [0.2, 0.25) is 0 Å². The molecule has 0 spiro atoms. The van der Waals surface area contributed by atoms with Crippen LogP contribution < -0.4 is 11.5 Å². The van der Waals surface area contributed by atoms with Crippen molar-refractivity contribution < 1.29 is 10.2 Å². The van der Waals surface area contributed by atoms with E-state index in [2.05, 4.69) is 0 Å². The molecule has 0 radical (unpaired) electrons. The molecule has 0 heterocycles. The third-order valence-corrected chi connectivity index (χ3v) is 0.576. The Hall–Kier alpha value is -0.160. The van der Waals surface area contributed by atoms with E-state index in [1.54, 1.807) is 13.8 Å². The molecule has 0 aliphatic heterocycles. The predicted molar refractivity (Wildman–Crippen MR) is 41.5 cm³/mol. The van der Waals surface area contributed by atoms with Crippen molar-refractivity contribution in [2.45, 2.75) is 25.9 Å². The van der Waals surface area contributed by atoms with Crippen LogP contribution in [0.25, 0.3) is 0 Å². The van der Waals surface area contributed by atoms with Gasteiger partial charge in [-0.05, 0) is 13.8 Å². The average Bonchev–Trinajstić information content (AvgIpc) is 1.89. The molecule has 4 nitrogen and oxygen atoms in total. The first-order valence-corrected chi connectivity index (χ1v) is 3.27. The van der Waals surface area contributed by atoms with Gasteiger partial charge in [-0.25, -0.2) is 0 Å². The van der Waals surface area contributed by atoms with Gasteiger partial charge < -0.3 is 21.7 Å². The maximum atomic E-state index is 8.02. The summed E-state index contributed by atoms with van der Waals surface area (Å²) >= 11 is 0. The Morgan fingerprint density at radius 3 is 1.10 bits per heavy atom. The number of hydrogen-bond acceptors (Lipinski definition) is 4. The highest BCUT2D eigenvalue weighted by molar-refractivity contribution is 4.43. The van der Waals surface area contributed by atoms with Gasteiger partial charge in [-0.3, -0.25) is 0 Å². The van der Waals surface area contributed by atoms with E-state index in [9.17, 15) is 0 Å². The van der Waals surface area contributed by atoms with Crippen LogP contribution in [0.2, 0.25) is 0 Å². The van der Waals surface area contributed by atoms with Crippen molar-refractivity contribution in [2.24, 2.45) is 11.5 Å². The molecule has 0 aromatic heterocycles. The van der Waals surface area contributed by atoms with Crippen molar-refractivity contribution in [3.63, 3.8) is 0 Å². The zero-order valence-corrected chi connectivity index (χ0v) is 6.62. The second kappa shape index (κ2) is 8.84. The van der Waals surface area contributed by atoms with E-state index in [1.807, 2.05) is 0 Å². The van der Waals surface area contributed by atoms with Crippen LogP contribution in [0.4, 0.5) is 0 Å². The Labute approximate surface area is 61.8 Å². The number of aliphatic hydroxyl groups excluding tert-OH is 2. The van der Waals surface area contributed by atoms with Crippen LogP contribution in [-0.4, -0.2) is 35.5 Å². The highest BCUT2D eigenvalue weighted by atomic mass is 16.3. The molecule has 0 aliphatic rings. The van der Waals surface area contributed by atoms with Crippen LogP contribution in [-0.2, 0) is 0 Å². The Morgan fingerprint density at radius 1 is 1.00 bits per heavy atom. The van der Waals surface area contributed by atoms with Crippen LogP contribution >= 0.6 is 0 Å². The minimum Gasteiger partial charge on any atom is -0.395 e. The van der Waals surface area contributed by atoms with Gasteiger partial charge in [0.05, 0.1) is 13.2 Å². The Kier molecular flexibility index (Phi) is 11.1. The van der Waals surface area contributed by atoms with Crippen molar-refractivity contribution in [3.05, 3.63) is 0 Å². The second-order valence-corrected chi connectivity index (χ2v) is 2.32. The van der Waals surface area contributed by atoms with Crippen molar-refractivity contribution in [1.29, 1.82) is 0 Å². The number of nitrogens with two attached hydrogens (primary N) is 2. The lowest BCUT2D eigenvalue weighted by Crippen LogP contribution is -2.18. The summed E-state index contributed by atoms with van der Waals surface area (Å²) in [6, 6.07) is -0.120. The number of hydrogen-bond donors (Lipinski definition) is 4. The van der Waals surface area contributed by atoms with Crippen LogP contribution in [0.15, 0.2) is 0 Å². The molecule has 0 saturated carbocycles. The summed E-state index contributed by atoms with van der Waals surface area (Å²) in [6.45, 7) is 3.67. The first-order valence-electron chi connectivity index (χ1n) is 3.27. The van der Waals surface area contributed by atoms with Gasteiger partial charge in [0.25, 0.3) is 0 Å². The highest BCUT2D eigenvalue weighted by Crippen LogP contribution is 1.63. The zero-order valence-electron chi connectivity index (χ0n) is 6.62. The quantitative estimate of drug-likeness (QED) is 0.391. The average molecular weight is 150 g/mol. The molecule has 64 valence electrons. The van der Waals surface area contributed by atoms with Gasteiger partial charge in [0, 0.05) is 12.1 Å². The lowest BCUT2D eigenvalue weighted by molar-refractivity contribution is 0.273. The molecule has 0 bridgehead atoms. The molecular formula is C6H18N2O2. The molecule has 0 amide bonds. The molecule has 0 unspecified atom stereocenters. The smallest absolute Gasteiger partial charge is 0.0579 e. The molecule has 0 fully saturated rings. The molecule has 6 N–H and O–H groups in total. The van der Waals surface area contributed by atoms with E-state index >= 15 is 0 Å². The summed E-state index contributed by atoms with van der Waals surface area (Å²) in [4.78, 5) is 0. The van der Waals surface area contributed by atoms with Crippen LogP contribution in [0.3, 0.4) is 0 Å². The number of rotatable bonds is 2. The lowest BCUT2D eigenvalue weighted by atomic mass is 10.4. The van der Waals surface area contributed by atoms with E-state index < -0.39 is 0 Å².